The Morgan fingerprint density at radius 1 is 1.23 bits per heavy atom. The molecule has 22 heavy (non-hydrogen) atoms. The lowest BCUT2D eigenvalue weighted by atomic mass is 9.99. The Hall–Kier alpha value is -2.10. The molecule has 0 spiro atoms. The van der Waals surface area contributed by atoms with Gasteiger partial charge in [-0.3, -0.25) is 4.98 Å². The first-order valence-corrected chi connectivity index (χ1v) is 7.84. The molecule has 0 bridgehead atoms. The third-order valence-corrected chi connectivity index (χ3v) is 4.32. The highest BCUT2D eigenvalue weighted by atomic mass is 16.5. The molecule has 0 saturated carbocycles. The maximum absolute atomic E-state index is 5.21. The van der Waals surface area contributed by atoms with Gasteiger partial charge in [-0.1, -0.05) is 12.1 Å². The summed E-state index contributed by atoms with van der Waals surface area (Å²) in [5.41, 5.74) is 3.38. The molecule has 3 rings (SSSR count). The summed E-state index contributed by atoms with van der Waals surface area (Å²) in [6, 6.07) is 8.41. The van der Waals surface area contributed by atoms with E-state index < -0.39 is 0 Å². The number of anilines is 1. The molecule has 2 heterocycles. The second-order valence-corrected chi connectivity index (χ2v) is 6.07. The largest absolute Gasteiger partial charge is 0.497 e. The SMILES string of the molecule is COc1ccc(CC2CCN(c3nc(C)cnc3C)C2)cc1. The van der Waals surface area contributed by atoms with Gasteiger partial charge in [-0.25, -0.2) is 4.98 Å². The van der Waals surface area contributed by atoms with E-state index in [0.717, 1.165) is 42.5 Å². The van der Waals surface area contributed by atoms with Gasteiger partial charge >= 0.3 is 0 Å². The van der Waals surface area contributed by atoms with Crippen LogP contribution in [-0.4, -0.2) is 30.2 Å². The van der Waals surface area contributed by atoms with Crippen molar-refractivity contribution >= 4 is 5.82 Å². The molecule has 0 aliphatic carbocycles. The second-order valence-electron chi connectivity index (χ2n) is 6.07. The molecule has 1 aromatic carbocycles. The van der Waals surface area contributed by atoms with E-state index in [1.54, 1.807) is 7.11 Å². The van der Waals surface area contributed by atoms with Gasteiger partial charge in [-0.15, -0.1) is 0 Å². The number of ether oxygens (including phenoxy) is 1. The molecule has 1 atom stereocenters. The topological polar surface area (TPSA) is 38.2 Å². The van der Waals surface area contributed by atoms with Gasteiger partial charge < -0.3 is 9.64 Å². The lowest BCUT2D eigenvalue weighted by molar-refractivity contribution is 0.414. The third-order valence-electron chi connectivity index (χ3n) is 4.32. The highest BCUT2D eigenvalue weighted by Crippen LogP contribution is 2.27. The van der Waals surface area contributed by atoms with E-state index in [-0.39, 0.29) is 0 Å². The van der Waals surface area contributed by atoms with Gasteiger partial charge in [-0.05, 0) is 50.3 Å². The van der Waals surface area contributed by atoms with Crippen molar-refractivity contribution in [2.75, 3.05) is 25.1 Å². The maximum Gasteiger partial charge on any atom is 0.150 e. The average molecular weight is 297 g/mol. The number of hydrogen-bond acceptors (Lipinski definition) is 4. The van der Waals surface area contributed by atoms with Gasteiger partial charge in [0.1, 0.15) is 11.6 Å². The van der Waals surface area contributed by atoms with Gasteiger partial charge in [0.15, 0.2) is 0 Å². The van der Waals surface area contributed by atoms with Crippen LogP contribution in [0.25, 0.3) is 0 Å². The second kappa shape index (κ2) is 6.34. The van der Waals surface area contributed by atoms with Crippen LogP contribution in [0.1, 0.15) is 23.4 Å². The monoisotopic (exact) mass is 297 g/mol. The maximum atomic E-state index is 5.21. The third kappa shape index (κ3) is 3.21. The van der Waals surface area contributed by atoms with Crippen molar-refractivity contribution in [1.29, 1.82) is 0 Å². The van der Waals surface area contributed by atoms with E-state index in [9.17, 15) is 0 Å². The van der Waals surface area contributed by atoms with Crippen LogP contribution >= 0.6 is 0 Å². The van der Waals surface area contributed by atoms with Crippen LogP contribution in [-0.2, 0) is 6.42 Å². The summed E-state index contributed by atoms with van der Waals surface area (Å²) >= 11 is 0. The van der Waals surface area contributed by atoms with Gasteiger partial charge in [0.25, 0.3) is 0 Å². The highest BCUT2D eigenvalue weighted by molar-refractivity contribution is 5.44. The fourth-order valence-electron chi connectivity index (χ4n) is 3.11. The zero-order chi connectivity index (χ0) is 15.5. The molecule has 2 aromatic rings. The summed E-state index contributed by atoms with van der Waals surface area (Å²) in [7, 11) is 1.70. The Morgan fingerprint density at radius 2 is 2.00 bits per heavy atom. The van der Waals surface area contributed by atoms with E-state index >= 15 is 0 Å². The number of benzene rings is 1. The summed E-state index contributed by atoms with van der Waals surface area (Å²) in [6.07, 6.45) is 4.16. The van der Waals surface area contributed by atoms with Crippen molar-refractivity contribution in [2.45, 2.75) is 26.7 Å². The highest BCUT2D eigenvalue weighted by Gasteiger charge is 2.25. The zero-order valence-electron chi connectivity index (χ0n) is 13.5. The minimum absolute atomic E-state index is 0.676. The first-order valence-electron chi connectivity index (χ1n) is 7.84. The van der Waals surface area contributed by atoms with Gasteiger partial charge in [0.05, 0.1) is 18.5 Å². The molecule has 1 fully saturated rings. The number of aryl methyl sites for hydroxylation is 2. The molecule has 0 amide bonds. The Morgan fingerprint density at radius 3 is 2.73 bits per heavy atom. The molecular weight excluding hydrogens is 274 g/mol. The molecule has 1 aliphatic rings. The standard InChI is InChI=1S/C18H23N3O/c1-13-11-19-14(2)18(20-13)21-9-8-16(12-21)10-15-4-6-17(22-3)7-5-15/h4-7,11,16H,8-10,12H2,1-3H3. The molecule has 0 N–H and O–H groups in total. The number of rotatable bonds is 4. The van der Waals surface area contributed by atoms with Crippen LogP contribution in [0.5, 0.6) is 5.75 Å². The van der Waals surface area contributed by atoms with Crippen LogP contribution in [0.2, 0.25) is 0 Å². The Balaban J connectivity index is 1.65. The molecule has 4 heteroatoms. The van der Waals surface area contributed by atoms with Crippen molar-refractivity contribution < 1.29 is 4.74 Å². The molecule has 1 aromatic heterocycles. The average Bonchev–Trinajstić information content (AvgIpc) is 2.99. The molecule has 1 aliphatic heterocycles. The zero-order valence-corrected chi connectivity index (χ0v) is 13.5. The van der Waals surface area contributed by atoms with Crippen molar-refractivity contribution in [3.8, 4) is 5.75 Å². The van der Waals surface area contributed by atoms with Crippen LogP contribution in [0, 0.1) is 19.8 Å². The predicted molar refractivity (Wildman–Crippen MR) is 88.5 cm³/mol. The number of hydrogen-bond donors (Lipinski definition) is 0. The fourth-order valence-corrected chi connectivity index (χ4v) is 3.11. The number of methoxy groups -OCH3 is 1. The molecule has 116 valence electrons. The smallest absolute Gasteiger partial charge is 0.150 e. The van der Waals surface area contributed by atoms with Crippen LogP contribution in [0.3, 0.4) is 0 Å². The van der Waals surface area contributed by atoms with Crippen molar-refractivity contribution in [1.82, 2.24) is 9.97 Å². The lowest BCUT2D eigenvalue weighted by Crippen LogP contribution is -2.23. The fraction of sp³-hybridized carbons (Fsp3) is 0.444. The Bertz CT molecular complexity index is 639. The van der Waals surface area contributed by atoms with E-state index in [0.29, 0.717) is 5.92 Å². The first-order chi connectivity index (χ1) is 10.7. The first kappa shape index (κ1) is 14.8. The summed E-state index contributed by atoms with van der Waals surface area (Å²) in [5.74, 6) is 2.65. The minimum atomic E-state index is 0.676. The quantitative estimate of drug-likeness (QED) is 0.869. The summed E-state index contributed by atoms with van der Waals surface area (Å²) < 4.78 is 5.21. The Labute approximate surface area is 132 Å². The van der Waals surface area contributed by atoms with E-state index in [1.807, 2.05) is 32.2 Å². The molecule has 4 nitrogen and oxygen atoms in total. The van der Waals surface area contributed by atoms with Gasteiger partial charge in [-0.2, -0.15) is 0 Å². The van der Waals surface area contributed by atoms with Gasteiger partial charge in [0, 0.05) is 19.3 Å². The van der Waals surface area contributed by atoms with E-state index in [2.05, 4.69) is 27.0 Å². The van der Waals surface area contributed by atoms with Crippen molar-refractivity contribution in [3.05, 3.63) is 47.4 Å². The summed E-state index contributed by atoms with van der Waals surface area (Å²) in [6.45, 7) is 6.17. The molecule has 1 saturated heterocycles. The minimum Gasteiger partial charge on any atom is -0.497 e. The van der Waals surface area contributed by atoms with E-state index in [1.165, 1.54) is 12.0 Å². The molecule has 1 unspecified atom stereocenters. The molecular formula is C18H23N3O. The molecule has 0 radical (unpaired) electrons. The Kier molecular flexibility index (Phi) is 4.27. The predicted octanol–water partition coefficient (Wildman–Crippen LogP) is 3.17. The van der Waals surface area contributed by atoms with Gasteiger partial charge in [0.2, 0.25) is 0 Å². The van der Waals surface area contributed by atoms with Crippen molar-refractivity contribution in [2.24, 2.45) is 5.92 Å². The summed E-state index contributed by atoms with van der Waals surface area (Å²) in [5, 5.41) is 0. The van der Waals surface area contributed by atoms with Crippen LogP contribution in [0.4, 0.5) is 5.82 Å². The van der Waals surface area contributed by atoms with Crippen molar-refractivity contribution in [3.63, 3.8) is 0 Å². The number of aromatic nitrogens is 2. The number of nitrogens with zero attached hydrogens (tertiary/aromatic N) is 3. The van der Waals surface area contributed by atoms with E-state index in [4.69, 9.17) is 4.74 Å². The van der Waals surface area contributed by atoms with Crippen LogP contribution < -0.4 is 9.64 Å². The summed E-state index contributed by atoms with van der Waals surface area (Å²) in [4.78, 5) is 11.5. The van der Waals surface area contributed by atoms with Crippen LogP contribution in [0.15, 0.2) is 30.5 Å². The lowest BCUT2D eigenvalue weighted by Gasteiger charge is -2.19. The normalized spacial score (nSPS) is 17.8.